The van der Waals surface area contributed by atoms with Crippen LogP contribution in [0.2, 0.25) is 0 Å². The van der Waals surface area contributed by atoms with E-state index in [4.69, 9.17) is 0 Å². The molecule has 1 aromatic heterocycles. The average Bonchev–Trinajstić information content (AvgIpc) is 2.73. The summed E-state index contributed by atoms with van der Waals surface area (Å²) in [5.74, 6) is 1.12. The largest absolute Gasteiger partial charge is 0.342 e. The second-order valence-electron chi connectivity index (χ2n) is 8.89. The Balaban J connectivity index is 1.42. The number of fused-ring (bicyclic) bond motifs is 1. The molecule has 0 atom stereocenters. The molecular weight excluding hydrogens is 362 g/mol. The summed E-state index contributed by atoms with van der Waals surface area (Å²) in [5.41, 5.74) is 3.53. The van der Waals surface area contributed by atoms with E-state index in [1.54, 1.807) is 0 Å². The first-order valence-corrected chi connectivity index (χ1v) is 10.9. The Morgan fingerprint density at radius 2 is 1.59 bits per heavy atom. The number of aromatic nitrogens is 1. The van der Waals surface area contributed by atoms with E-state index in [1.165, 1.54) is 0 Å². The molecule has 5 nitrogen and oxygen atoms in total. The quantitative estimate of drug-likeness (QED) is 0.776. The number of rotatable bonds is 2. The van der Waals surface area contributed by atoms with Gasteiger partial charge in [0.2, 0.25) is 5.91 Å². The third-order valence-corrected chi connectivity index (χ3v) is 6.62. The number of carbonyl (C=O) groups excluding carboxylic acids is 2. The lowest BCUT2D eigenvalue weighted by Gasteiger charge is -2.36. The highest BCUT2D eigenvalue weighted by molar-refractivity contribution is 5.99. The topological polar surface area (TPSA) is 53.5 Å². The van der Waals surface area contributed by atoms with Crippen molar-refractivity contribution >= 4 is 22.7 Å². The predicted octanol–water partition coefficient (Wildman–Crippen LogP) is 3.96. The van der Waals surface area contributed by atoms with Gasteiger partial charge in [0.1, 0.15) is 0 Å². The van der Waals surface area contributed by atoms with Crippen molar-refractivity contribution in [2.24, 2.45) is 11.8 Å². The second kappa shape index (κ2) is 8.13. The number of nitrogens with zero attached hydrogens (tertiary/aromatic N) is 3. The zero-order valence-corrected chi connectivity index (χ0v) is 17.8. The van der Waals surface area contributed by atoms with Crippen molar-refractivity contribution in [3.8, 4) is 0 Å². The average molecular weight is 394 g/mol. The second-order valence-corrected chi connectivity index (χ2v) is 8.89. The van der Waals surface area contributed by atoms with Gasteiger partial charge in [-0.15, -0.1) is 0 Å². The summed E-state index contributed by atoms with van der Waals surface area (Å²) in [5, 5.41) is 1.00. The number of carbonyl (C=O) groups is 2. The Bertz CT molecular complexity index is 923. The first-order chi connectivity index (χ1) is 13.9. The molecule has 29 heavy (non-hydrogen) atoms. The zero-order chi connectivity index (χ0) is 20.5. The predicted molar refractivity (Wildman–Crippen MR) is 115 cm³/mol. The van der Waals surface area contributed by atoms with E-state index in [-0.39, 0.29) is 11.8 Å². The fraction of sp³-hybridized carbons (Fsp3) is 0.542. The molecular formula is C24H31N3O2. The highest BCUT2D eigenvalue weighted by Crippen LogP contribution is 2.26. The van der Waals surface area contributed by atoms with Crippen molar-refractivity contribution in [3.63, 3.8) is 0 Å². The SMILES string of the molecule is Cc1ccc2nc(C)c(C(=O)N3CCC(C(=O)N4CCC(C)CC4)CC3)cc2c1. The van der Waals surface area contributed by atoms with Crippen LogP contribution in [-0.4, -0.2) is 52.8 Å². The van der Waals surface area contributed by atoms with Gasteiger partial charge in [0.25, 0.3) is 5.91 Å². The van der Waals surface area contributed by atoms with Gasteiger partial charge in [-0.05, 0) is 63.6 Å². The Morgan fingerprint density at radius 1 is 0.931 bits per heavy atom. The van der Waals surface area contributed by atoms with Crippen LogP contribution in [0.4, 0.5) is 0 Å². The zero-order valence-electron chi connectivity index (χ0n) is 17.8. The highest BCUT2D eigenvalue weighted by Gasteiger charge is 2.32. The summed E-state index contributed by atoms with van der Waals surface area (Å²) < 4.78 is 0. The minimum absolute atomic E-state index is 0.0381. The van der Waals surface area contributed by atoms with Gasteiger partial charge in [0.15, 0.2) is 0 Å². The van der Waals surface area contributed by atoms with E-state index in [1.807, 2.05) is 41.8 Å². The standard InChI is InChI=1S/C24H31N3O2/c1-16-6-10-26(11-7-16)23(28)19-8-12-27(13-9-19)24(29)21-15-20-14-17(2)4-5-22(20)25-18(21)3/h4-5,14-16,19H,6-13H2,1-3H3. The number of aryl methyl sites for hydroxylation is 2. The van der Waals surface area contributed by atoms with E-state index in [0.717, 1.165) is 66.9 Å². The Labute approximate surface area is 173 Å². The summed E-state index contributed by atoms with van der Waals surface area (Å²) in [6.07, 6.45) is 3.74. The van der Waals surface area contributed by atoms with Crippen LogP contribution in [0.15, 0.2) is 24.3 Å². The molecule has 154 valence electrons. The van der Waals surface area contributed by atoms with Crippen LogP contribution in [0, 0.1) is 25.7 Å². The molecule has 2 aliphatic rings. The number of hydrogen-bond acceptors (Lipinski definition) is 3. The van der Waals surface area contributed by atoms with E-state index < -0.39 is 0 Å². The van der Waals surface area contributed by atoms with Gasteiger partial charge in [-0.1, -0.05) is 18.6 Å². The number of piperidine rings is 2. The summed E-state index contributed by atoms with van der Waals surface area (Å²) in [4.78, 5) is 34.6. The number of pyridine rings is 1. The molecule has 4 rings (SSSR count). The molecule has 2 aromatic rings. The van der Waals surface area contributed by atoms with Gasteiger partial charge < -0.3 is 9.80 Å². The van der Waals surface area contributed by atoms with Gasteiger partial charge in [0.05, 0.1) is 16.8 Å². The number of amides is 2. The lowest BCUT2D eigenvalue weighted by atomic mass is 9.92. The number of benzene rings is 1. The van der Waals surface area contributed by atoms with Gasteiger partial charge in [-0.3, -0.25) is 14.6 Å². The summed E-state index contributed by atoms with van der Waals surface area (Å²) in [6.45, 7) is 9.28. The van der Waals surface area contributed by atoms with E-state index >= 15 is 0 Å². The Kier molecular flexibility index (Phi) is 5.57. The molecule has 1 aromatic carbocycles. The molecule has 3 heterocycles. The van der Waals surface area contributed by atoms with Crippen LogP contribution >= 0.6 is 0 Å². The molecule has 2 saturated heterocycles. The third-order valence-electron chi connectivity index (χ3n) is 6.62. The fourth-order valence-electron chi connectivity index (χ4n) is 4.60. The van der Waals surface area contributed by atoms with Crippen LogP contribution in [0.25, 0.3) is 10.9 Å². The van der Waals surface area contributed by atoms with E-state index in [2.05, 4.69) is 18.0 Å². The highest BCUT2D eigenvalue weighted by atomic mass is 16.2. The molecule has 2 aliphatic heterocycles. The first kappa shape index (κ1) is 19.9. The van der Waals surface area contributed by atoms with Crippen molar-refractivity contribution in [2.45, 2.75) is 46.5 Å². The molecule has 2 fully saturated rings. The van der Waals surface area contributed by atoms with Gasteiger partial charge in [-0.25, -0.2) is 0 Å². The molecule has 0 saturated carbocycles. The molecule has 0 radical (unpaired) electrons. The van der Waals surface area contributed by atoms with Crippen LogP contribution in [-0.2, 0) is 4.79 Å². The molecule has 0 N–H and O–H groups in total. The maximum atomic E-state index is 13.2. The number of hydrogen-bond donors (Lipinski definition) is 0. The summed E-state index contributed by atoms with van der Waals surface area (Å²) in [7, 11) is 0. The lowest BCUT2D eigenvalue weighted by molar-refractivity contribution is -0.138. The fourth-order valence-corrected chi connectivity index (χ4v) is 4.60. The molecule has 5 heteroatoms. The molecule has 0 spiro atoms. The smallest absolute Gasteiger partial charge is 0.255 e. The van der Waals surface area contributed by atoms with Crippen LogP contribution in [0.3, 0.4) is 0 Å². The van der Waals surface area contributed by atoms with Crippen LogP contribution in [0.5, 0.6) is 0 Å². The minimum Gasteiger partial charge on any atom is -0.342 e. The maximum Gasteiger partial charge on any atom is 0.255 e. The third kappa shape index (κ3) is 4.14. The molecule has 0 bridgehead atoms. The van der Waals surface area contributed by atoms with Gasteiger partial charge in [-0.2, -0.15) is 0 Å². The summed E-state index contributed by atoms with van der Waals surface area (Å²) in [6, 6.07) is 8.09. The Morgan fingerprint density at radius 3 is 2.28 bits per heavy atom. The lowest BCUT2D eigenvalue weighted by Crippen LogP contribution is -2.46. The monoisotopic (exact) mass is 393 g/mol. The Hall–Kier alpha value is -2.43. The van der Waals surface area contributed by atoms with Gasteiger partial charge >= 0.3 is 0 Å². The van der Waals surface area contributed by atoms with Crippen molar-refractivity contribution in [2.75, 3.05) is 26.2 Å². The van der Waals surface area contributed by atoms with E-state index in [9.17, 15) is 9.59 Å². The molecule has 0 aliphatic carbocycles. The van der Waals surface area contributed by atoms with Crippen molar-refractivity contribution in [1.29, 1.82) is 0 Å². The first-order valence-electron chi connectivity index (χ1n) is 10.9. The minimum atomic E-state index is 0.0381. The normalized spacial score (nSPS) is 19.0. The van der Waals surface area contributed by atoms with Crippen LogP contribution < -0.4 is 0 Å². The molecule has 2 amide bonds. The summed E-state index contributed by atoms with van der Waals surface area (Å²) >= 11 is 0. The van der Waals surface area contributed by atoms with Crippen molar-refractivity contribution < 1.29 is 9.59 Å². The number of likely N-dealkylation sites (tertiary alicyclic amines) is 2. The van der Waals surface area contributed by atoms with Gasteiger partial charge in [0, 0.05) is 37.5 Å². The van der Waals surface area contributed by atoms with Crippen molar-refractivity contribution in [1.82, 2.24) is 14.8 Å². The molecule has 0 unspecified atom stereocenters. The maximum absolute atomic E-state index is 13.2. The van der Waals surface area contributed by atoms with Crippen molar-refractivity contribution in [3.05, 3.63) is 41.1 Å². The van der Waals surface area contributed by atoms with Crippen LogP contribution in [0.1, 0.15) is 54.2 Å². The van der Waals surface area contributed by atoms with E-state index in [0.29, 0.717) is 24.6 Å².